The average Bonchev–Trinajstić information content (AvgIpc) is 2.26. The fourth-order valence-electron chi connectivity index (χ4n) is 2.07. The summed E-state index contributed by atoms with van der Waals surface area (Å²) in [6, 6.07) is 4.79. The summed E-state index contributed by atoms with van der Waals surface area (Å²) >= 11 is 0. The van der Waals surface area contributed by atoms with E-state index in [-0.39, 0.29) is 6.04 Å². The number of benzene rings is 1. The summed E-state index contributed by atoms with van der Waals surface area (Å²) in [4.78, 5) is 1.92. The molecule has 2 nitrogen and oxygen atoms in total. The first-order valence-electron chi connectivity index (χ1n) is 5.53. The van der Waals surface area contributed by atoms with Crippen molar-refractivity contribution in [1.29, 1.82) is 0 Å². The van der Waals surface area contributed by atoms with Gasteiger partial charge in [-0.05, 0) is 26.0 Å². The lowest BCUT2D eigenvalue weighted by Crippen LogP contribution is -2.54. The molecular weight excluding hydrogens is 210 g/mol. The van der Waals surface area contributed by atoms with Gasteiger partial charge in [-0.2, -0.15) is 0 Å². The minimum absolute atomic E-state index is 0.174. The van der Waals surface area contributed by atoms with Gasteiger partial charge in [0, 0.05) is 25.2 Å². The van der Waals surface area contributed by atoms with Crippen LogP contribution < -0.4 is 10.2 Å². The molecule has 1 fully saturated rings. The smallest absolute Gasteiger partial charge is 0.182 e. The maximum atomic E-state index is 13.6. The lowest BCUT2D eigenvalue weighted by Gasteiger charge is -2.39. The van der Waals surface area contributed by atoms with Gasteiger partial charge in [0.1, 0.15) is 0 Å². The molecule has 0 aromatic heterocycles. The Morgan fingerprint density at radius 2 is 2.06 bits per heavy atom. The molecule has 88 valence electrons. The van der Waals surface area contributed by atoms with Crippen molar-refractivity contribution in [2.24, 2.45) is 0 Å². The van der Waals surface area contributed by atoms with Gasteiger partial charge in [0.25, 0.3) is 0 Å². The number of nitrogens with one attached hydrogen (secondary N) is 1. The zero-order chi connectivity index (χ0) is 11.7. The van der Waals surface area contributed by atoms with Gasteiger partial charge in [0.15, 0.2) is 11.6 Å². The Labute approximate surface area is 94.3 Å². The van der Waals surface area contributed by atoms with E-state index in [1.165, 1.54) is 0 Å². The monoisotopic (exact) mass is 226 g/mol. The molecule has 0 saturated carbocycles. The van der Waals surface area contributed by atoms with Gasteiger partial charge in [0.05, 0.1) is 5.69 Å². The molecule has 1 N–H and O–H groups in total. The van der Waals surface area contributed by atoms with Crippen molar-refractivity contribution in [3.05, 3.63) is 29.8 Å². The Kier molecular flexibility index (Phi) is 3.10. The molecule has 0 amide bonds. The van der Waals surface area contributed by atoms with Gasteiger partial charge < -0.3 is 10.2 Å². The summed E-state index contributed by atoms with van der Waals surface area (Å²) in [5.74, 6) is -1.53. The highest BCUT2D eigenvalue weighted by Gasteiger charge is 2.25. The molecule has 1 heterocycles. The van der Waals surface area contributed by atoms with Crippen molar-refractivity contribution in [3.8, 4) is 0 Å². The van der Waals surface area contributed by atoms with Crippen molar-refractivity contribution in [3.63, 3.8) is 0 Å². The Hall–Kier alpha value is -1.16. The third kappa shape index (κ3) is 2.02. The molecule has 2 rings (SSSR count). The molecule has 1 saturated heterocycles. The van der Waals surface area contributed by atoms with E-state index in [1.54, 1.807) is 12.1 Å². The van der Waals surface area contributed by atoms with E-state index in [4.69, 9.17) is 0 Å². The molecule has 0 spiro atoms. The second kappa shape index (κ2) is 4.37. The number of anilines is 1. The second-order valence-corrected chi connectivity index (χ2v) is 4.38. The van der Waals surface area contributed by atoms with Gasteiger partial charge >= 0.3 is 0 Å². The van der Waals surface area contributed by atoms with Gasteiger partial charge in [0.2, 0.25) is 0 Å². The van der Waals surface area contributed by atoms with Crippen LogP contribution in [-0.4, -0.2) is 25.2 Å². The Balaban J connectivity index is 2.31. The fraction of sp³-hybridized carbons (Fsp3) is 0.500. The molecular formula is C12H16F2N2. The standard InChI is InChI=1S/C12H16F2N2/c1-8-7-16(9(2)6-15-8)11-5-3-4-10(13)12(11)14/h3-5,8-9,15H,6-7H2,1-2H3. The third-order valence-electron chi connectivity index (χ3n) is 3.00. The SMILES string of the molecule is CC1CN(c2cccc(F)c2F)C(C)CN1. The number of piperazine rings is 1. The molecule has 4 heteroatoms. The highest BCUT2D eigenvalue weighted by atomic mass is 19.2. The highest BCUT2D eigenvalue weighted by Crippen LogP contribution is 2.24. The summed E-state index contributed by atoms with van der Waals surface area (Å²) < 4.78 is 26.8. The highest BCUT2D eigenvalue weighted by molar-refractivity contribution is 5.49. The normalized spacial score (nSPS) is 25.9. The lowest BCUT2D eigenvalue weighted by molar-refractivity contribution is 0.416. The van der Waals surface area contributed by atoms with Crippen LogP contribution in [0.2, 0.25) is 0 Å². The predicted octanol–water partition coefficient (Wildman–Crippen LogP) is 2.15. The molecule has 0 bridgehead atoms. The second-order valence-electron chi connectivity index (χ2n) is 4.38. The number of halogens is 2. The average molecular weight is 226 g/mol. The maximum Gasteiger partial charge on any atom is 0.182 e. The summed E-state index contributed by atoms with van der Waals surface area (Å²) in [7, 11) is 0. The van der Waals surface area contributed by atoms with Crippen molar-refractivity contribution < 1.29 is 8.78 Å². The van der Waals surface area contributed by atoms with Crippen LogP contribution in [0, 0.1) is 11.6 Å². The molecule has 2 unspecified atom stereocenters. The number of rotatable bonds is 1. The number of hydrogen-bond donors (Lipinski definition) is 1. The molecule has 1 aliphatic rings. The lowest BCUT2D eigenvalue weighted by atomic mass is 10.1. The number of hydrogen-bond acceptors (Lipinski definition) is 2. The summed E-state index contributed by atoms with van der Waals surface area (Å²) in [6.07, 6.45) is 0. The summed E-state index contributed by atoms with van der Waals surface area (Å²) in [6.45, 7) is 5.53. The van der Waals surface area contributed by atoms with Crippen LogP contribution in [0.4, 0.5) is 14.5 Å². The first-order chi connectivity index (χ1) is 7.59. The van der Waals surface area contributed by atoms with Crippen molar-refractivity contribution in [2.75, 3.05) is 18.0 Å². The molecule has 0 radical (unpaired) electrons. The minimum Gasteiger partial charge on any atom is -0.364 e. The van der Waals surface area contributed by atoms with Crippen LogP contribution in [0.15, 0.2) is 18.2 Å². The third-order valence-corrected chi connectivity index (χ3v) is 3.00. The van der Waals surface area contributed by atoms with Gasteiger partial charge in [-0.25, -0.2) is 8.78 Å². The minimum atomic E-state index is -0.782. The Morgan fingerprint density at radius 3 is 2.81 bits per heavy atom. The molecule has 1 aromatic carbocycles. The zero-order valence-electron chi connectivity index (χ0n) is 9.50. The summed E-state index contributed by atoms with van der Waals surface area (Å²) in [5.41, 5.74) is 0.362. The van der Waals surface area contributed by atoms with Gasteiger partial charge in [-0.3, -0.25) is 0 Å². The van der Waals surface area contributed by atoms with Crippen LogP contribution >= 0.6 is 0 Å². The van der Waals surface area contributed by atoms with Crippen LogP contribution in [-0.2, 0) is 0 Å². The van der Waals surface area contributed by atoms with E-state index in [0.717, 1.165) is 12.6 Å². The van der Waals surface area contributed by atoms with E-state index >= 15 is 0 Å². The van der Waals surface area contributed by atoms with E-state index < -0.39 is 11.6 Å². The molecule has 16 heavy (non-hydrogen) atoms. The topological polar surface area (TPSA) is 15.3 Å². The van der Waals surface area contributed by atoms with E-state index in [1.807, 2.05) is 18.7 Å². The molecule has 0 aliphatic carbocycles. The maximum absolute atomic E-state index is 13.6. The van der Waals surface area contributed by atoms with E-state index in [9.17, 15) is 8.78 Å². The van der Waals surface area contributed by atoms with Crippen LogP contribution in [0.3, 0.4) is 0 Å². The Morgan fingerprint density at radius 1 is 1.31 bits per heavy atom. The first kappa shape index (κ1) is 11.3. The largest absolute Gasteiger partial charge is 0.364 e. The van der Waals surface area contributed by atoms with Crippen molar-refractivity contribution in [1.82, 2.24) is 5.32 Å². The number of nitrogens with zero attached hydrogens (tertiary/aromatic N) is 1. The van der Waals surface area contributed by atoms with Crippen LogP contribution in [0.5, 0.6) is 0 Å². The first-order valence-corrected chi connectivity index (χ1v) is 5.53. The predicted molar refractivity (Wildman–Crippen MR) is 60.6 cm³/mol. The van der Waals surface area contributed by atoms with E-state index in [2.05, 4.69) is 5.32 Å². The van der Waals surface area contributed by atoms with Crippen LogP contribution in [0.25, 0.3) is 0 Å². The van der Waals surface area contributed by atoms with Gasteiger partial charge in [-0.1, -0.05) is 6.07 Å². The quantitative estimate of drug-likeness (QED) is 0.789. The van der Waals surface area contributed by atoms with Crippen molar-refractivity contribution in [2.45, 2.75) is 25.9 Å². The van der Waals surface area contributed by atoms with E-state index in [0.29, 0.717) is 18.3 Å². The summed E-state index contributed by atoms with van der Waals surface area (Å²) in [5, 5.41) is 3.31. The Bertz CT molecular complexity index is 381. The molecule has 1 aromatic rings. The zero-order valence-corrected chi connectivity index (χ0v) is 9.50. The fourth-order valence-corrected chi connectivity index (χ4v) is 2.07. The molecule has 1 aliphatic heterocycles. The molecule has 2 atom stereocenters. The van der Waals surface area contributed by atoms with Crippen LogP contribution in [0.1, 0.15) is 13.8 Å². The van der Waals surface area contributed by atoms with Crippen molar-refractivity contribution >= 4 is 5.69 Å². The van der Waals surface area contributed by atoms with Gasteiger partial charge in [-0.15, -0.1) is 0 Å².